The Morgan fingerprint density at radius 2 is 1.94 bits per heavy atom. The molecule has 1 N–H and O–H groups in total. The lowest BCUT2D eigenvalue weighted by atomic mass is 9.74. The molecule has 192 valence electrons. The van der Waals surface area contributed by atoms with Crippen LogP contribution in [0, 0.1) is 5.41 Å². The number of para-hydroxylation sites is 1. The van der Waals surface area contributed by atoms with Gasteiger partial charge in [-0.15, -0.1) is 11.8 Å². The largest absolute Gasteiger partial charge is 0.497 e. The van der Waals surface area contributed by atoms with Crippen LogP contribution in [0.25, 0.3) is 10.9 Å². The number of rotatable bonds is 11. The van der Waals surface area contributed by atoms with Gasteiger partial charge in [0.25, 0.3) is 0 Å². The SMILES string of the molecule is COc1ccc2ncc(Cl)c(CCCC3(C(=O)O)CCN(CCSc4ccccc4OC)CC3)c2c1. The normalized spacial score (nSPS) is 15.6. The number of hydrogen-bond acceptors (Lipinski definition) is 6. The number of nitrogens with zero attached hydrogens (tertiary/aromatic N) is 2. The van der Waals surface area contributed by atoms with E-state index in [4.69, 9.17) is 21.1 Å². The zero-order chi connectivity index (χ0) is 25.5. The Balaban J connectivity index is 1.33. The van der Waals surface area contributed by atoms with Crippen LogP contribution in [0.3, 0.4) is 0 Å². The van der Waals surface area contributed by atoms with Crippen LogP contribution < -0.4 is 9.47 Å². The van der Waals surface area contributed by atoms with Gasteiger partial charge >= 0.3 is 5.97 Å². The van der Waals surface area contributed by atoms with Gasteiger partial charge in [0.05, 0.1) is 30.2 Å². The van der Waals surface area contributed by atoms with Crippen LogP contribution in [-0.2, 0) is 11.2 Å². The summed E-state index contributed by atoms with van der Waals surface area (Å²) in [5.41, 5.74) is 1.19. The van der Waals surface area contributed by atoms with E-state index in [0.29, 0.717) is 30.7 Å². The molecule has 1 aliphatic heterocycles. The zero-order valence-electron chi connectivity index (χ0n) is 20.8. The lowest BCUT2D eigenvalue weighted by Crippen LogP contribution is -2.45. The van der Waals surface area contributed by atoms with Crippen molar-refractivity contribution in [1.82, 2.24) is 9.88 Å². The molecule has 4 rings (SSSR count). The average molecular weight is 529 g/mol. The fourth-order valence-electron chi connectivity index (χ4n) is 4.99. The van der Waals surface area contributed by atoms with Crippen LogP contribution in [0.15, 0.2) is 53.6 Å². The Kier molecular flexibility index (Phi) is 8.99. The number of pyridine rings is 1. The predicted octanol–water partition coefficient (Wildman–Crippen LogP) is 6.19. The molecular weight excluding hydrogens is 496 g/mol. The quantitative estimate of drug-likeness (QED) is 0.297. The molecule has 0 amide bonds. The Bertz CT molecular complexity index is 1200. The van der Waals surface area contributed by atoms with E-state index in [1.165, 1.54) is 0 Å². The molecule has 0 spiro atoms. The van der Waals surface area contributed by atoms with Gasteiger partial charge in [-0.25, -0.2) is 0 Å². The summed E-state index contributed by atoms with van der Waals surface area (Å²) in [6.45, 7) is 2.53. The fourth-order valence-corrected chi connectivity index (χ4v) is 6.27. The first kappa shape index (κ1) is 26.6. The molecule has 3 aromatic rings. The molecule has 0 radical (unpaired) electrons. The molecule has 8 heteroatoms. The van der Waals surface area contributed by atoms with Crippen molar-refractivity contribution in [3.8, 4) is 11.5 Å². The van der Waals surface area contributed by atoms with Crippen molar-refractivity contribution in [3.05, 3.63) is 59.2 Å². The molecule has 1 fully saturated rings. The minimum Gasteiger partial charge on any atom is -0.497 e. The number of ether oxygens (including phenoxy) is 2. The summed E-state index contributed by atoms with van der Waals surface area (Å²) in [6.07, 6.45) is 5.11. The molecule has 36 heavy (non-hydrogen) atoms. The Morgan fingerprint density at radius 1 is 1.17 bits per heavy atom. The summed E-state index contributed by atoms with van der Waals surface area (Å²) in [5, 5.41) is 11.7. The summed E-state index contributed by atoms with van der Waals surface area (Å²) in [4.78, 5) is 20.3. The molecule has 0 unspecified atom stereocenters. The van der Waals surface area contributed by atoms with Gasteiger partial charge in [0.15, 0.2) is 0 Å². The smallest absolute Gasteiger partial charge is 0.309 e. The van der Waals surface area contributed by atoms with Crippen LogP contribution in [0.2, 0.25) is 5.02 Å². The second-order valence-corrected chi connectivity index (χ2v) is 10.8. The lowest BCUT2D eigenvalue weighted by molar-refractivity contribution is -0.152. The van der Waals surface area contributed by atoms with Gasteiger partial charge in [0, 0.05) is 28.8 Å². The number of methoxy groups -OCH3 is 2. The number of aromatic nitrogens is 1. The van der Waals surface area contributed by atoms with E-state index < -0.39 is 11.4 Å². The number of hydrogen-bond donors (Lipinski definition) is 1. The van der Waals surface area contributed by atoms with Crippen LogP contribution in [0.4, 0.5) is 0 Å². The number of aliphatic carboxylic acids is 1. The lowest BCUT2D eigenvalue weighted by Gasteiger charge is -2.39. The van der Waals surface area contributed by atoms with E-state index in [1.54, 1.807) is 32.2 Å². The summed E-state index contributed by atoms with van der Waals surface area (Å²) in [6, 6.07) is 13.8. The van der Waals surface area contributed by atoms with E-state index in [9.17, 15) is 9.90 Å². The Morgan fingerprint density at radius 3 is 2.67 bits per heavy atom. The van der Waals surface area contributed by atoms with Crippen molar-refractivity contribution in [2.24, 2.45) is 5.41 Å². The molecule has 0 saturated carbocycles. The third-order valence-corrected chi connectivity index (χ3v) is 8.58. The summed E-state index contributed by atoms with van der Waals surface area (Å²) >= 11 is 8.29. The molecule has 0 atom stereocenters. The molecule has 6 nitrogen and oxygen atoms in total. The number of halogens is 1. The molecule has 1 saturated heterocycles. The average Bonchev–Trinajstić information content (AvgIpc) is 2.90. The number of carbonyl (C=O) groups is 1. The van der Waals surface area contributed by atoms with Crippen molar-refractivity contribution in [2.75, 3.05) is 39.6 Å². The molecule has 1 aromatic heterocycles. The maximum atomic E-state index is 12.4. The minimum absolute atomic E-state index is 0.613. The number of piperidine rings is 1. The number of likely N-dealkylation sites (tertiary alicyclic amines) is 1. The summed E-state index contributed by atoms with van der Waals surface area (Å²) in [7, 11) is 3.33. The van der Waals surface area contributed by atoms with Gasteiger partial charge in [-0.1, -0.05) is 23.7 Å². The molecule has 0 aliphatic carbocycles. The molecule has 2 aromatic carbocycles. The zero-order valence-corrected chi connectivity index (χ0v) is 22.4. The topological polar surface area (TPSA) is 71.9 Å². The number of carboxylic acid groups (broad SMARTS) is 1. The number of thioether (sulfide) groups is 1. The second kappa shape index (κ2) is 12.2. The Hall–Kier alpha value is -2.48. The molecule has 0 bridgehead atoms. The standard InChI is InChI=1S/C28H33ClN2O4S/c1-34-20-9-10-24-22(18-20)21(23(29)19-30-24)6-5-11-28(27(32)33)12-14-31(15-13-28)16-17-36-26-8-4-3-7-25(26)35-2/h3-4,7-10,18-19H,5-6,11-17H2,1-2H3,(H,32,33). The third kappa shape index (κ3) is 6.07. The van der Waals surface area contributed by atoms with Crippen LogP contribution in [0.5, 0.6) is 11.5 Å². The van der Waals surface area contributed by atoms with E-state index in [-0.39, 0.29) is 0 Å². The summed E-state index contributed by atoms with van der Waals surface area (Å²) < 4.78 is 10.8. The van der Waals surface area contributed by atoms with E-state index in [0.717, 1.165) is 64.7 Å². The van der Waals surface area contributed by atoms with Crippen LogP contribution in [-0.4, -0.2) is 60.6 Å². The predicted molar refractivity (Wildman–Crippen MR) is 146 cm³/mol. The number of benzene rings is 2. The third-order valence-electron chi connectivity index (χ3n) is 7.22. The second-order valence-electron chi connectivity index (χ2n) is 9.25. The van der Waals surface area contributed by atoms with Gasteiger partial charge in [0.2, 0.25) is 0 Å². The van der Waals surface area contributed by atoms with Gasteiger partial charge in [0.1, 0.15) is 11.5 Å². The van der Waals surface area contributed by atoms with Crippen LogP contribution in [0.1, 0.15) is 31.2 Å². The van der Waals surface area contributed by atoms with E-state index >= 15 is 0 Å². The number of carboxylic acids is 1. The fraction of sp³-hybridized carbons (Fsp3) is 0.429. The van der Waals surface area contributed by atoms with Crippen molar-refractivity contribution in [3.63, 3.8) is 0 Å². The van der Waals surface area contributed by atoms with Gasteiger partial charge in [-0.05, 0) is 81.1 Å². The molecular formula is C28H33ClN2O4S. The highest BCUT2D eigenvalue weighted by Crippen LogP contribution is 2.38. The highest BCUT2D eigenvalue weighted by atomic mass is 35.5. The van der Waals surface area contributed by atoms with Crippen LogP contribution >= 0.6 is 23.4 Å². The number of aryl methyl sites for hydroxylation is 1. The molecule has 2 heterocycles. The van der Waals surface area contributed by atoms with E-state index in [2.05, 4.69) is 16.0 Å². The highest BCUT2D eigenvalue weighted by Gasteiger charge is 2.40. The maximum Gasteiger partial charge on any atom is 0.309 e. The minimum atomic E-state index is -0.683. The van der Waals surface area contributed by atoms with Gasteiger partial charge in [-0.2, -0.15) is 0 Å². The summed E-state index contributed by atoms with van der Waals surface area (Å²) in [5.74, 6) is 1.91. The number of fused-ring (bicyclic) bond motifs is 1. The highest BCUT2D eigenvalue weighted by molar-refractivity contribution is 7.99. The Labute approximate surface area is 221 Å². The first-order valence-electron chi connectivity index (χ1n) is 12.3. The van der Waals surface area contributed by atoms with E-state index in [1.807, 2.05) is 36.4 Å². The van der Waals surface area contributed by atoms with Gasteiger partial charge in [-0.3, -0.25) is 9.78 Å². The first-order valence-corrected chi connectivity index (χ1v) is 13.6. The van der Waals surface area contributed by atoms with Crippen molar-refractivity contribution in [2.45, 2.75) is 37.0 Å². The maximum absolute atomic E-state index is 12.4. The first-order chi connectivity index (χ1) is 17.5. The van der Waals surface area contributed by atoms with Crippen molar-refractivity contribution in [1.29, 1.82) is 0 Å². The monoisotopic (exact) mass is 528 g/mol. The van der Waals surface area contributed by atoms with Crippen molar-refractivity contribution >= 4 is 40.2 Å². The van der Waals surface area contributed by atoms with Crippen molar-refractivity contribution < 1.29 is 19.4 Å². The molecule has 1 aliphatic rings. The van der Waals surface area contributed by atoms with Gasteiger partial charge < -0.3 is 19.5 Å².